The number of rotatable bonds is 9. The summed E-state index contributed by atoms with van der Waals surface area (Å²) in [7, 11) is 3.32. The molecular formula is C27H33N7O5. The molecule has 0 spiro atoms. The van der Waals surface area contributed by atoms with E-state index in [0.29, 0.717) is 40.5 Å². The highest BCUT2D eigenvalue weighted by atomic mass is 16.6. The number of hydrogen-bond acceptors (Lipinski definition) is 9. The Morgan fingerprint density at radius 2 is 1.92 bits per heavy atom. The highest BCUT2D eigenvalue weighted by Crippen LogP contribution is 2.38. The number of pyridine rings is 1. The number of nitrogens with zero attached hydrogens (tertiary/aromatic N) is 4. The van der Waals surface area contributed by atoms with Gasteiger partial charge in [0.05, 0.1) is 35.5 Å². The number of ketones is 1. The first-order valence-electron chi connectivity index (χ1n) is 12.6. The van der Waals surface area contributed by atoms with E-state index in [1.807, 2.05) is 12.1 Å². The average molecular weight is 536 g/mol. The van der Waals surface area contributed by atoms with Gasteiger partial charge in [-0.05, 0) is 39.3 Å². The van der Waals surface area contributed by atoms with Crippen molar-refractivity contribution in [2.45, 2.75) is 52.2 Å². The van der Waals surface area contributed by atoms with Gasteiger partial charge in [0, 0.05) is 31.8 Å². The molecular weight excluding hydrogens is 502 g/mol. The van der Waals surface area contributed by atoms with Gasteiger partial charge in [0.2, 0.25) is 5.91 Å². The molecule has 1 aliphatic carbocycles. The number of para-hydroxylation sites is 1. The van der Waals surface area contributed by atoms with E-state index in [9.17, 15) is 14.4 Å². The van der Waals surface area contributed by atoms with Gasteiger partial charge in [-0.25, -0.2) is 14.8 Å². The lowest BCUT2D eigenvalue weighted by molar-refractivity contribution is -0.117. The molecule has 39 heavy (non-hydrogen) atoms. The maximum atomic E-state index is 12.8. The van der Waals surface area contributed by atoms with E-state index in [2.05, 4.69) is 31.0 Å². The fourth-order valence-electron chi connectivity index (χ4n) is 4.00. The maximum absolute atomic E-state index is 12.8. The zero-order valence-corrected chi connectivity index (χ0v) is 22.9. The summed E-state index contributed by atoms with van der Waals surface area (Å²) < 4.78 is 12.5. The Kier molecular flexibility index (Phi) is 7.84. The Morgan fingerprint density at radius 1 is 1.15 bits per heavy atom. The second-order valence-electron chi connectivity index (χ2n) is 10.2. The third-order valence-corrected chi connectivity index (χ3v) is 5.94. The monoisotopic (exact) mass is 535 g/mol. The molecule has 3 N–H and O–H groups in total. The van der Waals surface area contributed by atoms with Gasteiger partial charge in [-0.1, -0.05) is 13.0 Å². The molecule has 2 heterocycles. The molecule has 0 bridgehead atoms. The Morgan fingerprint density at radius 3 is 2.56 bits per heavy atom. The zero-order chi connectivity index (χ0) is 28.3. The van der Waals surface area contributed by atoms with Gasteiger partial charge >= 0.3 is 6.09 Å². The van der Waals surface area contributed by atoms with Crippen LogP contribution in [0.2, 0.25) is 0 Å². The fourth-order valence-corrected chi connectivity index (χ4v) is 4.00. The first kappa shape index (κ1) is 27.6. The quantitative estimate of drug-likeness (QED) is 0.345. The van der Waals surface area contributed by atoms with Crippen molar-refractivity contribution in [2.24, 2.45) is 13.0 Å². The lowest BCUT2D eigenvalue weighted by Crippen LogP contribution is -2.35. The van der Waals surface area contributed by atoms with Crippen molar-refractivity contribution in [3.05, 3.63) is 42.4 Å². The van der Waals surface area contributed by atoms with Crippen LogP contribution in [0.1, 0.15) is 50.9 Å². The summed E-state index contributed by atoms with van der Waals surface area (Å²) >= 11 is 0. The van der Waals surface area contributed by atoms with Gasteiger partial charge in [0.1, 0.15) is 17.7 Å². The number of anilines is 3. The molecule has 206 valence electrons. The molecule has 4 rings (SSSR count). The highest BCUT2D eigenvalue weighted by Gasteiger charge is 2.45. The van der Waals surface area contributed by atoms with Crippen LogP contribution in [-0.2, 0) is 16.6 Å². The second kappa shape index (κ2) is 11.1. The number of ether oxygens (including phenoxy) is 2. The molecule has 12 nitrogen and oxygen atoms in total. The smallest absolute Gasteiger partial charge is 0.407 e. The van der Waals surface area contributed by atoms with Crippen LogP contribution in [0.25, 0.3) is 11.4 Å². The van der Waals surface area contributed by atoms with Crippen LogP contribution >= 0.6 is 0 Å². The van der Waals surface area contributed by atoms with E-state index in [4.69, 9.17) is 9.47 Å². The van der Waals surface area contributed by atoms with E-state index in [1.165, 1.54) is 6.20 Å². The topological polar surface area (TPSA) is 149 Å². The van der Waals surface area contributed by atoms with Crippen LogP contribution in [0, 0.1) is 5.92 Å². The van der Waals surface area contributed by atoms with Crippen LogP contribution in [0.4, 0.5) is 22.0 Å². The lowest BCUT2D eigenvalue weighted by Gasteiger charge is -2.19. The van der Waals surface area contributed by atoms with Crippen molar-refractivity contribution in [3.8, 4) is 17.1 Å². The van der Waals surface area contributed by atoms with Gasteiger partial charge in [-0.3, -0.25) is 14.3 Å². The fraction of sp³-hybridized carbons (Fsp3) is 0.407. The summed E-state index contributed by atoms with van der Waals surface area (Å²) in [5.41, 5.74) is 1.45. The largest absolute Gasteiger partial charge is 0.494 e. The number of methoxy groups -OCH3 is 1. The number of benzene rings is 1. The SMILES string of the molecule is CCC(=O)c1cnc(NC(=O)[C@@H]2C[C@H]2NC(=O)OC(C)(C)C)cc1Nc1cccc(-c2ncn(C)n2)c1OC. The minimum absolute atomic E-state index is 0.117. The molecule has 2 aromatic heterocycles. The number of amides is 2. The normalized spacial score (nSPS) is 16.3. The molecule has 1 fully saturated rings. The van der Waals surface area contributed by atoms with Crippen molar-refractivity contribution in [3.63, 3.8) is 0 Å². The first-order chi connectivity index (χ1) is 18.5. The van der Waals surface area contributed by atoms with Gasteiger partial charge in [-0.15, -0.1) is 0 Å². The summed E-state index contributed by atoms with van der Waals surface area (Å²) in [4.78, 5) is 46.1. The summed E-state index contributed by atoms with van der Waals surface area (Å²) in [6.07, 6.45) is 3.24. The van der Waals surface area contributed by atoms with E-state index in [0.717, 1.165) is 0 Å². The van der Waals surface area contributed by atoms with Gasteiger partial charge in [0.25, 0.3) is 0 Å². The molecule has 2 amide bonds. The number of aromatic nitrogens is 4. The number of alkyl carbamates (subject to hydrolysis) is 1. The van der Waals surface area contributed by atoms with Crippen molar-refractivity contribution in [2.75, 3.05) is 17.7 Å². The van der Waals surface area contributed by atoms with Gasteiger partial charge < -0.3 is 25.4 Å². The van der Waals surface area contributed by atoms with Gasteiger partial charge in [-0.2, -0.15) is 5.10 Å². The van der Waals surface area contributed by atoms with Crippen molar-refractivity contribution < 1.29 is 23.9 Å². The summed E-state index contributed by atoms with van der Waals surface area (Å²) in [6.45, 7) is 7.08. The van der Waals surface area contributed by atoms with E-state index >= 15 is 0 Å². The van der Waals surface area contributed by atoms with Crippen LogP contribution < -0.4 is 20.7 Å². The molecule has 0 radical (unpaired) electrons. The first-order valence-corrected chi connectivity index (χ1v) is 12.6. The number of Topliss-reactive ketones (excluding diaryl/α,β-unsaturated/α-hetero) is 1. The maximum Gasteiger partial charge on any atom is 0.407 e. The predicted octanol–water partition coefficient (Wildman–Crippen LogP) is 4.07. The van der Waals surface area contributed by atoms with Crippen molar-refractivity contribution in [1.29, 1.82) is 0 Å². The van der Waals surface area contributed by atoms with Crippen LogP contribution in [0.15, 0.2) is 36.8 Å². The summed E-state index contributed by atoms with van der Waals surface area (Å²) in [5, 5.41) is 13.1. The molecule has 1 aliphatic rings. The van der Waals surface area contributed by atoms with Crippen LogP contribution in [0.3, 0.4) is 0 Å². The number of aryl methyl sites for hydroxylation is 1. The van der Waals surface area contributed by atoms with Crippen molar-refractivity contribution in [1.82, 2.24) is 25.1 Å². The number of carbonyl (C=O) groups is 3. The minimum atomic E-state index is -0.627. The van der Waals surface area contributed by atoms with E-state index in [1.54, 1.807) is 65.0 Å². The standard InChI is InChI=1S/C27H33N7O5/c1-7-21(35)17-13-28-22(32-25(36)16-11-19(16)31-26(37)39-27(2,3)4)12-20(17)30-18-10-8-9-15(23(18)38-6)24-29-14-34(5)33-24/h8-10,12-14,16,19H,7,11H2,1-6H3,(H,31,37)(H2,28,30,32,36)/t16-,19-/m1/s1. The molecule has 1 aromatic carbocycles. The third kappa shape index (κ3) is 6.70. The zero-order valence-electron chi connectivity index (χ0n) is 22.9. The number of hydrogen-bond donors (Lipinski definition) is 3. The van der Waals surface area contributed by atoms with E-state index < -0.39 is 17.6 Å². The average Bonchev–Trinajstić information content (AvgIpc) is 3.50. The molecule has 0 unspecified atom stereocenters. The predicted molar refractivity (Wildman–Crippen MR) is 145 cm³/mol. The molecule has 0 saturated heterocycles. The number of nitrogens with one attached hydrogen (secondary N) is 3. The molecule has 0 aliphatic heterocycles. The number of carbonyl (C=O) groups excluding carboxylic acids is 3. The lowest BCUT2D eigenvalue weighted by atomic mass is 10.1. The molecule has 1 saturated carbocycles. The molecule has 3 aromatic rings. The van der Waals surface area contributed by atoms with Gasteiger partial charge in [0.15, 0.2) is 17.4 Å². The minimum Gasteiger partial charge on any atom is -0.494 e. The Labute approximate surface area is 226 Å². The third-order valence-electron chi connectivity index (χ3n) is 5.94. The van der Waals surface area contributed by atoms with Crippen molar-refractivity contribution >= 4 is 35.0 Å². The van der Waals surface area contributed by atoms with Crippen LogP contribution in [-0.4, -0.2) is 56.3 Å². The highest BCUT2D eigenvalue weighted by molar-refractivity contribution is 6.03. The Hall–Kier alpha value is -4.48. The summed E-state index contributed by atoms with van der Waals surface area (Å²) in [6, 6.07) is 6.76. The Bertz CT molecular complexity index is 1400. The second-order valence-corrected chi connectivity index (χ2v) is 10.2. The van der Waals surface area contributed by atoms with Crippen LogP contribution in [0.5, 0.6) is 5.75 Å². The van der Waals surface area contributed by atoms with E-state index in [-0.39, 0.29) is 30.0 Å². The molecule has 2 atom stereocenters. The summed E-state index contributed by atoms with van der Waals surface area (Å²) in [5.74, 6) is 0.438. The Balaban J connectivity index is 1.54. The molecule has 12 heteroatoms.